The summed E-state index contributed by atoms with van der Waals surface area (Å²) in [4.78, 5) is 12.3. The number of ether oxygens (including phenoxy) is 3. The van der Waals surface area contributed by atoms with Gasteiger partial charge in [0.2, 0.25) is 0 Å². The molecule has 0 unspecified atom stereocenters. The zero-order valence-corrected chi connectivity index (χ0v) is 14.5. The van der Waals surface area contributed by atoms with Gasteiger partial charge in [-0.05, 0) is 49.7 Å². The van der Waals surface area contributed by atoms with E-state index in [2.05, 4.69) is 5.32 Å². The minimum atomic E-state index is -0.175. The van der Waals surface area contributed by atoms with Crippen molar-refractivity contribution in [1.82, 2.24) is 5.32 Å². The normalized spacial score (nSPS) is 10.4. The molecule has 0 spiro atoms. The Kier molecular flexibility index (Phi) is 6.07. The fourth-order valence-electron chi connectivity index (χ4n) is 2.26. The minimum Gasteiger partial charge on any atom is -0.493 e. The van der Waals surface area contributed by atoms with E-state index in [1.807, 2.05) is 38.1 Å². The molecule has 0 heterocycles. The highest BCUT2D eigenvalue weighted by atomic mass is 16.5. The first-order valence-corrected chi connectivity index (χ1v) is 7.79. The Labute approximate surface area is 142 Å². The van der Waals surface area contributed by atoms with Crippen molar-refractivity contribution in [3.05, 3.63) is 53.6 Å². The molecule has 0 radical (unpaired) electrons. The molecule has 0 aliphatic carbocycles. The fraction of sp³-hybridized carbons (Fsp3) is 0.316. The van der Waals surface area contributed by atoms with Gasteiger partial charge in [-0.2, -0.15) is 0 Å². The maximum absolute atomic E-state index is 12.3. The molecule has 1 N–H and O–H groups in total. The number of hydrogen-bond acceptors (Lipinski definition) is 4. The van der Waals surface area contributed by atoms with Gasteiger partial charge in [-0.15, -0.1) is 0 Å². The van der Waals surface area contributed by atoms with Gasteiger partial charge in [-0.25, -0.2) is 0 Å². The first-order valence-electron chi connectivity index (χ1n) is 7.79. The van der Waals surface area contributed by atoms with E-state index in [4.69, 9.17) is 14.2 Å². The van der Waals surface area contributed by atoms with Crippen LogP contribution < -0.4 is 19.5 Å². The highest BCUT2D eigenvalue weighted by Crippen LogP contribution is 2.27. The zero-order valence-electron chi connectivity index (χ0n) is 14.5. The van der Waals surface area contributed by atoms with Gasteiger partial charge in [-0.3, -0.25) is 4.79 Å². The molecule has 5 nitrogen and oxygen atoms in total. The van der Waals surface area contributed by atoms with Crippen LogP contribution >= 0.6 is 0 Å². The van der Waals surface area contributed by atoms with Crippen LogP contribution in [0.15, 0.2) is 42.5 Å². The number of hydrogen-bond donors (Lipinski definition) is 1. The largest absolute Gasteiger partial charge is 0.493 e. The molecule has 24 heavy (non-hydrogen) atoms. The van der Waals surface area contributed by atoms with Crippen LogP contribution in [0.1, 0.15) is 29.8 Å². The third kappa shape index (κ3) is 4.65. The molecule has 0 saturated carbocycles. The van der Waals surface area contributed by atoms with E-state index in [9.17, 15) is 4.79 Å². The SMILES string of the molecule is COc1ccc(C(=O)NCc2cccc(OC(C)C)c2)cc1OC. The number of rotatable bonds is 7. The molecule has 0 atom stereocenters. The lowest BCUT2D eigenvalue weighted by molar-refractivity contribution is 0.0950. The van der Waals surface area contributed by atoms with Gasteiger partial charge < -0.3 is 19.5 Å². The topological polar surface area (TPSA) is 56.8 Å². The van der Waals surface area contributed by atoms with E-state index in [-0.39, 0.29) is 12.0 Å². The molecule has 2 aromatic carbocycles. The Balaban J connectivity index is 2.03. The summed E-state index contributed by atoms with van der Waals surface area (Å²) in [6, 6.07) is 12.8. The summed E-state index contributed by atoms with van der Waals surface area (Å²) in [5, 5.41) is 2.89. The molecule has 1 amide bonds. The number of carbonyl (C=O) groups excluding carboxylic acids is 1. The molecule has 0 aromatic heterocycles. The number of benzene rings is 2. The first kappa shape index (κ1) is 17.7. The first-order chi connectivity index (χ1) is 11.5. The number of nitrogens with one attached hydrogen (secondary N) is 1. The predicted octanol–water partition coefficient (Wildman–Crippen LogP) is 3.42. The summed E-state index contributed by atoms with van der Waals surface area (Å²) in [6.07, 6.45) is 0.113. The summed E-state index contributed by atoms with van der Waals surface area (Å²) in [5.41, 5.74) is 1.49. The fourth-order valence-corrected chi connectivity index (χ4v) is 2.26. The molecule has 5 heteroatoms. The lowest BCUT2D eigenvalue weighted by Crippen LogP contribution is -2.22. The second-order valence-electron chi connectivity index (χ2n) is 5.57. The van der Waals surface area contributed by atoms with Crippen molar-refractivity contribution in [1.29, 1.82) is 0 Å². The summed E-state index contributed by atoms with van der Waals surface area (Å²) >= 11 is 0. The third-order valence-electron chi connectivity index (χ3n) is 3.37. The molecular formula is C19H23NO4. The Hall–Kier alpha value is -2.69. The van der Waals surface area contributed by atoms with Gasteiger partial charge in [0.1, 0.15) is 5.75 Å². The van der Waals surface area contributed by atoms with Crippen molar-refractivity contribution in [2.45, 2.75) is 26.5 Å². The zero-order chi connectivity index (χ0) is 17.5. The smallest absolute Gasteiger partial charge is 0.251 e. The standard InChI is InChI=1S/C19H23NO4/c1-13(2)24-16-7-5-6-14(10-16)12-20-19(21)15-8-9-17(22-3)18(11-15)23-4/h5-11,13H,12H2,1-4H3,(H,20,21). The number of methoxy groups -OCH3 is 2. The van der Waals surface area contributed by atoms with Crippen LogP contribution in [-0.2, 0) is 6.54 Å². The molecule has 0 aliphatic rings. The van der Waals surface area contributed by atoms with Crippen LogP contribution in [0, 0.1) is 0 Å². The van der Waals surface area contributed by atoms with Gasteiger partial charge in [0.05, 0.1) is 20.3 Å². The maximum Gasteiger partial charge on any atom is 0.251 e. The molecule has 2 aromatic rings. The van der Waals surface area contributed by atoms with E-state index >= 15 is 0 Å². The van der Waals surface area contributed by atoms with Crippen LogP contribution in [-0.4, -0.2) is 26.2 Å². The van der Waals surface area contributed by atoms with Gasteiger partial charge in [0, 0.05) is 12.1 Å². The van der Waals surface area contributed by atoms with Crippen molar-refractivity contribution in [3.63, 3.8) is 0 Å². The molecular weight excluding hydrogens is 306 g/mol. The van der Waals surface area contributed by atoms with E-state index in [0.717, 1.165) is 11.3 Å². The molecule has 0 saturated heterocycles. The maximum atomic E-state index is 12.3. The minimum absolute atomic E-state index is 0.113. The van der Waals surface area contributed by atoms with Crippen LogP contribution in [0.5, 0.6) is 17.2 Å². The average Bonchev–Trinajstić information content (AvgIpc) is 2.58. The Morgan fingerprint density at radius 3 is 2.46 bits per heavy atom. The lowest BCUT2D eigenvalue weighted by Gasteiger charge is -2.12. The van der Waals surface area contributed by atoms with Crippen molar-refractivity contribution < 1.29 is 19.0 Å². The van der Waals surface area contributed by atoms with Gasteiger partial charge in [-0.1, -0.05) is 12.1 Å². The second-order valence-corrected chi connectivity index (χ2v) is 5.57. The van der Waals surface area contributed by atoms with E-state index in [1.54, 1.807) is 32.4 Å². The van der Waals surface area contributed by atoms with Gasteiger partial charge in [0.25, 0.3) is 5.91 Å². The Bertz CT molecular complexity index is 698. The van der Waals surface area contributed by atoms with Crippen LogP contribution in [0.2, 0.25) is 0 Å². The lowest BCUT2D eigenvalue weighted by atomic mass is 10.1. The monoisotopic (exact) mass is 329 g/mol. The third-order valence-corrected chi connectivity index (χ3v) is 3.37. The summed E-state index contributed by atoms with van der Waals surface area (Å²) in [7, 11) is 3.10. The molecule has 0 aliphatic heterocycles. The van der Waals surface area contributed by atoms with Crippen molar-refractivity contribution >= 4 is 5.91 Å². The predicted molar refractivity (Wildman–Crippen MR) is 92.9 cm³/mol. The number of amides is 1. The molecule has 128 valence electrons. The highest BCUT2D eigenvalue weighted by Gasteiger charge is 2.10. The van der Waals surface area contributed by atoms with Crippen LogP contribution in [0.3, 0.4) is 0 Å². The van der Waals surface area contributed by atoms with Crippen LogP contribution in [0.25, 0.3) is 0 Å². The summed E-state index contributed by atoms with van der Waals surface area (Å²) in [5.74, 6) is 1.74. The van der Waals surface area contributed by atoms with E-state index in [1.165, 1.54) is 0 Å². The molecule has 0 fully saturated rings. The average molecular weight is 329 g/mol. The van der Waals surface area contributed by atoms with Crippen molar-refractivity contribution in [2.75, 3.05) is 14.2 Å². The Morgan fingerprint density at radius 1 is 1.04 bits per heavy atom. The van der Waals surface area contributed by atoms with Crippen molar-refractivity contribution in [2.24, 2.45) is 0 Å². The van der Waals surface area contributed by atoms with Gasteiger partial charge in [0.15, 0.2) is 11.5 Å². The molecule has 0 bridgehead atoms. The van der Waals surface area contributed by atoms with Crippen LogP contribution in [0.4, 0.5) is 0 Å². The quantitative estimate of drug-likeness (QED) is 0.845. The van der Waals surface area contributed by atoms with E-state index < -0.39 is 0 Å². The number of carbonyl (C=O) groups is 1. The highest BCUT2D eigenvalue weighted by molar-refractivity contribution is 5.94. The Morgan fingerprint density at radius 2 is 1.79 bits per heavy atom. The summed E-state index contributed by atoms with van der Waals surface area (Å²) in [6.45, 7) is 4.37. The molecule has 2 rings (SSSR count). The van der Waals surface area contributed by atoms with Crippen molar-refractivity contribution in [3.8, 4) is 17.2 Å². The van der Waals surface area contributed by atoms with Gasteiger partial charge >= 0.3 is 0 Å². The van der Waals surface area contributed by atoms with E-state index in [0.29, 0.717) is 23.6 Å². The summed E-state index contributed by atoms with van der Waals surface area (Å²) < 4.78 is 16.1. The second kappa shape index (κ2) is 8.24.